The van der Waals surface area contributed by atoms with E-state index in [0.717, 1.165) is 5.56 Å². The highest BCUT2D eigenvalue weighted by molar-refractivity contribution is 5.79. The van der Waals surface area contributed by atoms with Crippen molar-refractivity contribution < 1.29 is 42.9 Å². The molecule has 0 bridgehead atoms. The van der Waals surface area contributed by atoms with Crippen LogP contribution < -0.4 is 0 Å². The topological polar surface area (TPSA) is 122 Å². The first-order chi connectivity index (χ1) is 27.0. The fourth-order valence-corrected chi connectivity index (χ4v) is 4.39. The van der Waals surface area contributed by atoms with E-state index in [9.17, 15) is 24.0 Å². The first-order valence-electron chi connectivity index (χ1n) is 20.1. The summed E-state index contributed by atoms with van der Waals surface area (Å²) in [6.45, 7) is 30.1. The molecule has 1 aliphatic rings. The molecule has 1 aliphatic carbocycles. The Morgan fingerprint density at radius 2 is 0.948 bits per heavy atom. The zero-order valence-electron chi connectivity index (χ0n) is 37.5. The van der Waals surface area contributed by atoms with Crippen molar-refractivity contribution in [1.29, 1.82) is 0 Å². The van der Waals surface area contributed by atoms with Crippen LogP contribution in [0.25, 0.3) is 11.1 Å². The molecule has 0 aromatic heterocycles. The van der Waals surface area contributed by atoms with E-state index in [1.807, 2.05) is 119 Å². The monoisotopic (exact) mass is 803 g/mol. The predicted molar refractivity (Wildman–Crippen MR) is 233 cm³/mol. The molecule has 9 heteroatoms. The molecule has 3 aromatic rings. The van der Waals surface area contributed by atoms with Gasteiger partial charge in [-0.05, 0) is 55.5 Å². The second-order valence-electron chi connectivity index (χ2n) is 16.3. The Labute approximate surface area is 348 Å². The standard InChI is InChI=1S/C18H18O2.C11H14O2.C8H16O2.C7H12O2.C5H10O/c1-12(2)18(19)20-11-17-15-9-5-3-7-13(15)14-8-4-6-10-16(14)17;1-9(2)11(12)13-8-10-6-4-3-5-7-10;1-6(2)7(9)10-8(3,4)5;1-4-5-9-7(8)6(2)3;1-4(2)5(3)6/h3-10,12,17H,11H2,1-2H3;3-7,9H,8H2,1-2H3;6H,1-5H3;4,6H,1,5H2,2-3H3;4H,1-3H3. The number of rotatable bonds is 11. The predicted octanol–water partition coefficient (Wildman–Crippen LogP) is 11.0. The summed E-state index contributed by atoms with van der Waals surface area (Å²) in [5, 5.41) is 0. The molecular weight excluding hydrogens is 733 g/mol. The normalized spacial score (nSPS) is 11.2. The number of benzene rings is 3. The van der Waals surface area contributed by atoms with Crippen molar-refractivity contribution in [2.45, 2.75) is 115 Å². The smallest absolute Gasteiger partial charge is 0.308 e. The van der Waals surface area contributed by atoms with Crippen molar-refractivity contribution in [2.75, 3.05) is 13.2 Å². The molecule has 0 saturated heterocycles. The van der Waals surface area contributed by atoms with Crippen LogP contribution >= 0.6 is 0 Å². The van der Waals surface area contributed by atoms with Crippen LogP contribution in [0.2, 0.25) is 0 Å². The van der Waals surface area contributed by atoms with Crippen LogP contribution in [0.5, 0.6) is 0 Å². The van der Waals surface area contributed by atoms with Gasteiger partial charge in [0.15, 0.2) is 0 Å². The summed E-state index contributed by atoms with van der Waals surface area (Å²) in [4.78, 5) is 54.5. The van der Waals surface area contributed by atoms with Gasteiger partial charge < -0.3 is 18.9 Å². The van der Waals surface area contributed by atoms with E-state index in [4.69, 9.17) is 18.9 Å². The maximum absolute atomic E-state index is 11.7. The Balaban J connectivity index is 0.000000749. The number of ketones is 1. The molecule has 0 saturated carbocycles. The van der Waals surface area contributed by atoms with Crippen molar-refractivity contribution in [2.24, 2.45) is 29.6 Å². The van der Waals surface area contributed by atoms with Gasteiger partial charge >= 0.3 is 23.9 Å². The van der Waals surface area contributed by atoms with Crippen LogP contribution in [0.15, 0.2) is 91.5 Å². The molecule has 0 amide bonds. The zero-order chi connectivity index (χ0) is 44.6. The lowest BCUT2D eigenvalue weighted by Gasteiger charge is -2.20. The molecular formula is C49H70O9. The van der Waals surface area contributed by atoms with Crippen molar-refractivity contribution >= 4 is 29.7 Å². The van der Waals surface area contributed by atoms with Gasteiger partial charge in [-0.15, -0.1) is 0 Å². The van der Waals surface area contributed by atoms with Gasteiger partial charge in [0.2, 0.25) is 0 Å². The maximum Gasteiger partial charge on any atom is 0.308 e. The molecule has 9 nitrogen and oxygen atoms in total. The largest absolute Gasteiger partial charge is 0.464 e. The molecule has 4 rings (SSSR count). The average molecular weight is 803 g/mol. The van der Waals surface area contributed by atoms with Gasteiger partial charge in [-0.3, -0.25) is 24.0 Å². The zero-order valence-corrected chi connectivity index (χ0v) is 37.5. The fourth-order valence-electron chi connectivity index (χ4n) is 4.39. The fraction of sp³-hybridized carbons (Fsp3) is 0.490. The van der Waals surface area contributed by atoms with Crippen LogP contribution in [-0.2, 0) is 49.5 Å². The first kappa shape index (κ1) is 53.0. The molecule has 0 unspecified atom stereocenters. The van der Waals surface area contributed by atoms with Gasteiger partial charge in [0.1, 0.15) is 31.2 Å². The van der Waals surface area contributed by atoms with Crippen LogP contribution in [0.3, 0.4) is 0 Å². The molecule has 0 heterocycles. The molecule has 3 aromatic carbocycles. The van der Waals surface area contributed by atoms with Crippen molar-refractivity contribution in [3.63, 3.8) is 0 Å². The minimum Gasteiger partial charge on any atom is -0.464 e. The lowest BCUT2D eigenvalue weighted by molar-refractivity contribution is -0.158. The van der Waals surface area contributed by atoms with Crippen molar-refractivity contribution in [3.05, 3.63) is 108 Å². The maximum atomic E-state index is 11.7. The third-order valence-electron chi connectivity index (χ3n) is 8.03. The molecule has 0 fully saturated rings. The van der Waals surface area contributed by atoms with Crippen molar-refractivity contribution in [3.8, 4) is 11.1 Å². The number of fused-ring (bicyclic) bond motifs is 3. The Bertz CT molecular complexity index is 1650. The summed E-state index contributed by atoms with van der Waals surface area (Å²) < 4.78 is 20.3. The number of hydrogen-bond acceptors (Lipinski definition) is 9. The molecule has 0 atom stereocenters. The highest BCUT2D eigenvalue weighted by Crippen LogP contribution is 2.44. The molecule has 0 radical (unpaired) electrons. The number of hydrogen-bond donors (Lipinski definition) is 0. The number of ether oxygens (including phenoxy) is 4. The van der Waals surface area contributed by atoms with E-state index in [2.05, 4.69) is 43.0 Å². The number of carbonyl (C=O) groups is 5. The van der Waals surface area contributed by atoms with E-state index in [0.29, 0.717) is 19.8 Å². The minimum atomic E-state index is -0.346. The van der Waals surface area contributed by atoms with Crippen LogP contribution in [-0.4, -0.2) is 48.5 Å². The highest BCUT2D eigenvalue weighted by Gasteiger charge is 2.29. The van der Waals surface area contributed by atoms with Crippen molar-refractivity contribution in [1.82, 2.24) is 0 Å². The SMILES string of the molecule is C=CCOC(=O)C(C)C.CC(=O)C(C)C.CC(C)C(=O)OC(C)(C)C.CC(C)C(=O)OCC1c2ccccc2-c2ccccc21.CC(C)C(=O)OCc1ccccc1. The van der Waals surface area contributed by atoms with Gasteiger partial charge in [0.25, 0.3) is 0 Å². The lowest BCUT2D eigenvalue weighted by atomic mass is 9.98. The second kappa shape index (κ2) is 27.6. The Morgan fingerprint density at radius 1 is 0.569 bits per heavy atom. The quantitative estimate of drug-likeness (QED) is 0.106. The Morgan fingerprint density at radius 3 is 1.31 bits per heavy atom. The summed E-state index contributed by atoms with van der Waals surface area (Å²) in [5.74, 6) is -0.155. The van der Waals surface area contributed by atoms with E-state index < -0.39 is 0 Å². The second-order valence-corrected chi connectivity index (χ2v) is 16.3. The van der Waals surface area contributed by atoms with Crippen LogP contribution in [0, 0.1) is 29.6 Å². The summed E-state index contributed by atoms with van der Waals surface area (Å²) in [7, 11) is 0. The Hall–Kier alpha value is -5.05. The molecule has 0 N–H and O–H groups in total. The molecule has 58 heavy (non-hydrogen) atoms. The Kier molecular flexibility index (Phi) is 25.2. The molecule has 0 spiro atoms. The summed E-state index contributed by atoms with van der Waals surface area (Å²) in [5.41, 5.74) is 5.70. The van der Waals surface area contributed by atoms with Gasteiger partial charge in [-0.1, -0.05) is 161 Å². The van der Waals surface area contributed by atoms with E-state index >= 15 is 0 Å². The molecule has 320 valence electrons. The summed E-state index contributed by atoms with van der Waals surface area (Å²) in [6, 6.07) is 26.4. The third-order valence-corrected chi connectivity index (χ3v) is 8.03. The molecule has 0 aliphatic heterocycles. The van der Waals surface area contributed by atoms with E-state index in [-0.39, 0.29) is 70.8 Å². The van der Waals surface area contributed by atoms with E-state index in [1.54, 1.807) is 26.8 Å². The number of carbonyl (C=O) groups excluding carboxylic acids is 5. The average Bonchev–Trinajstić information content (AvgIpc) is 3.48. The van der Waals surface area contributed by atoms with Gasteiger partial charge in [-0.25, -0.2) is 0 Å². The third kappa shape index (κ3) is 22.0. The lowest BCUT2D eigenvalue weighted by Crippen LogP contribution is -2.26. The summed E-state index contributed by atoms with van der Waals surface area (Å²) >= 11 is 0. The van der Waals surface area contributed by atoms with Crippen LogP contribution in [0.1, 0.15) is 120 Å². The first-order valence-corrected chi connectivity index (χ1v) is 20.1. The van der Waals surface area contributed by atoms with Crippen LogP contribution in [0.4, 0.5) is 0 Å². The van der Waals surface area contributed by atoms with Gasteiger partial charge in [0, 0.05) is 11.8 Å². The minimum absolute atomic E-state index is 0.0285. The summed E-state index contributed by atoms with van der Waals surface area (Å²) in [6.07, 6.45) is 1.56. The number of esters is 4. The highest BCUT2D eigenvalue weighted by atomic mass is 16.6. The number of Topliss-reactive ketones (excluding diaryl/α,β-unsaturated/α-hetero) is 1. The van der Waals surface area contributed by atoms with E-state index in [1.165, 1.54) is 22.3 Å². The van der Waals surface area contributed by atoms with Gasteiger partial charge in [0.05, 0.1) is 23.7 Å². The van der Waals surface area contributed by atoms with Gasteiger partial charge in [-0.2, -0.15) is 0 Å².